The maximum atomic E-state index is 11.8. The fraction of sp³-hybridized carbons (Fsp3) is 0.385. The zero-order valence-electron chi connectivity index (χ0n) is 9.96. The second-order valence-corrected chi connectivity index (χ2v) is 4.30. The van der Waals surface area contributed by atoms with E-state index in [0.29, 0.717) is 17.1 Å². The van der Waals surface area contributed by atoms with Crippen LogP contribution in [0.2, 0.25) is 5.02 Å². The van der Waals surface area contributed by atoms with Crippen molar-refractivity contribution < 1.29 is 4.79 Å². The van der Waals surface area contributed by atoms with Crippen LogP contribution < -0.4 is 5.32 Å². The van der Waals surface area contributed by atoms with Crippen molar-refractivity contribution in [2.45, 2.75) is 26.7 Å². The van der Waals surface area contributed by atoms with Crippen molar-refractivity contribution in [3.63, 3.8) is 0 Å². The van der Waals surface area contributed by atoms with Crippen molar-refractivity contribution in [3.8, 4) is 6.07 Å². The van der Waals surface area contributed by atoms with Gasteiger partial charge in [0.2, 0.25) is 5.91 Å². The van der Waals surface area contributed by atoms with Gasteiger partial charge in [0, 0.05) is 0 Å². The lowest BCUT2D eigenvalue weighted by atomic mass is 10.0. The smallest absolute Gasteiger partial charge is 0.241 e. The predicted molar refractivity (Wildman–Crippen MR) is 68.8 cm³/mol. The molecule has 4 heteroatoms. The molecule has 0 heterocycles. The SMILES string of the molecule is CCCC(C#N)C(=O)Nc1c(C)cccc1Cl. The molecule has 0 saturated heterocycles. The number of nitrogens with one attached hydrogen (secondary N) is 1. The summed E-state index contributed by atoms with van der Waals surface area (Å²) in [6, 6.07) is 7.40. The standard InChI is InChI=1S/C13H15ClN2O/c1-3-5-10(8-15)13(17)16-12-9(2)6-4-7-11(12)14/h4,6-7,10H,3,5H2,1-2H3,(H,16,17). The predicted octanol–water partition coefficient (Wildman–Crippen LogP) is 3.53. The Bertz CT molecular complexity index is 431. The van der Waals surface area contributed by atoms with Crippen LogP contribution >= 0.6 is 11.6 Å². The van der Waals surface area contributed by atoms with E-state index < -0.39 is 5.92 Å². The maximum absolute atomic E-state index is 11.8. The molecule has 0 spiro atoms. The van der Waals surface area contributed by atoms with Crippen LogP contribution in [0.15, 0.2) is 18.2 Å². The number of carbonyl (C=O) groups excluding carboxylic acids is 1. The van der Waals surface area contributed by atoms with E-state index in [1.165, 1.54) is 0 Å². The van der Waals surface area contributed by atoms with Crippen molar-refractivity contribution in [3.05, 3.63) is 28.8 Å². The van der Waals surface area contributed by atoms with Crippen LogP contribution in [-0.2, 0) is 4.79 Å². The molecule has 0 aliphatic heterocycles. The van der Waals surface area contributed by atoms with Crippen molar-refractivity contribution in [2.75, 3.05) is 5.32 Å². The molecular formula is C13H15ClN2O. The van der Waals surface area contributed by atoms with E-state index >= 15 is 0 Å². The van der Waals surface area contributed by atoms with Gasteiger partial charge in [-0.15, -0.1) is 0 Å². The van der Waals surface area contributed by atoms with Crippen LogP contribution in [0.5, 0.6) is 0 Å². The number of aryl methyl sites for hydroxylation is 1. The number of halogens is 1. The highest BCUT2D eigenvalue weighted by atomic mass is 35.5. The Labute approximate surface area is 106 Å². The molecule has 1 aromatic carbocycles. The van der Waals surface area contributed by atoms with Crippen LogP contribution in [0, 0.1) is 24.2 Å². The highest BCUT2D eigenvalue weighted by molar-refractivity contribution is 6.34. The summed E-state index contributed by atoms with van der Waals surface area (Å²) < 4.78 is 0. The molecule has 1 atom stereocenters. The topological polar surface area (TPSA) is 52.9 Å². The van der Waals surface area contributed by atoms with E-state index in [2.05, 4.69) is 5.32 Å². The summed E-state index contributed by atoms with van der Waals surface area (Å²) in [4.78, 5) is 11.8. The number of nitrogens with zero attached hydrogens (tertiary/aromatic N) is 1. The molecule has 90 valence electrons. The summed E-state index contributed by atoms with van der Waals surface area (Å²) in [7, 11) is 0. The summed E-state index contributed by atoms with van der Waals surface area (Å²) >= 11 is 6.00. The van der Waals surface area contributed by atoms with Crippen LogP contribution in [0.3, 0.4) is 0 Å². The Balaban J connectivity index is 2.84. The Kier molecular flexibility index (Phi) is 4.99. The van der Waals surface area contributed by atoms with Gasteiger partial charge < -0.3 is 5.32 Å². The number of benzene rings is 1. The lowest BCUT2D eigenvalue weighted by molar-refractivity contribution is -0.118. The lowest BCUT2D eigenvalue weighted by Crippen LogP contribution is -2.22. The van der Waals surface area contributed by atoms with Crippen LogP contribution in [0.1, 0.15) is 25.3 Å². The minimum atomic E-state index is -0.615. The molecule has 1 aromatic rings. The summed E-state index contributed by atoms with van der Waals surface area (Å²) in [5, 5.41) is 12.1. The third-order valence-corrected chi connectivity index (χ3v) is 2.83. The minimum absolute atomic E-state index is 0.287. The normalized spacial score (nSPS) is 11.6. The van der Waals surface area contributed by atoms with E-state index in [0.717, 1.165) is 12.0 Å². The third-order valence-electron chi connectivity index (χ3n) is 2.52. The largest absolute Gasteiger partial charge is 0.323 e. The average molecular weight is 251 g/mol. The summed E-state index contributed by atoms with van der Waals surface area (Å²) in [5.74, 6) is -0.902. The number of hydrogen-bond acceptors (Lipinski definition) is 2. The molecule has 1 rings (SSSR count). The average Bonchev–Trinajstić information content (AvgIpc) is 2.30. The van der Waals surface area contributed by atoms with Gasteiger partial charge >= 0.3 is 0 Å². The summed E-state index contributed by atoms with van der Waals surface area (Å²) in [6.45, 7) is 3.81. The van der Waals surface area contributed by atoms with Gasteiger partial charge in [-0.1, -0.05) is 37.1 Å². The second-order valence-electron chi connectivity index (χ2n) is 3.89. The number of para-hydroxylation sites is 1. The first-order valence-electron chi connectivity index (χ1n) is 5.55. The van der Waals surface area contributed by atoms with Gasteiger partial charge in [0.15, 0.2) is 0 Å². The quantitative estimate of drug-likeness (QED) is 0.889. The number of nitriles is 1. The number of rotatable bonds is 4. The highest BCUT2D eigenvalue weighted by Crippen LogP contribution is 2.26. The van der Waals surface area contributed by atoms with E-state index in [-0.39, 0.29) is 5.91 Å². The zero-order chi connectivity index (χ0) is 12.8. The monoisotopic (exact) mass is 250 g/mol. The molecule has 0 fully saturated rings. The van der Waals surface area contributed by atoms with Crippen LogP contribution in [0.4, 0.5) is 5.69 Å². The van der Waals surface area contributed by atoms with Gasteiger partial charge in [-0.2, -0.15) is 5.26 Å². The first-order valence-corrected chi connectivity index (χ1v) is 5.93. The zero-order valence-corrected chi connectivity index (χ0v) is 10.7. The van der Waals surface area contributed by atoms with Gasteiger partial charge in [-0.25, -0.2) is 0 Å². The number of anilines is 1. The molecule has 0 bridgehead atoms. The van der Waals surface area contributed by atoms with Gasteiger partial charge in [-0.3, -0.25) is 4.79 Å². The van der Waals surface area contributed by atoms with E-state index in [4.69, 9.17) is 16.9 Å². The molecule has 1 N–H and O–H groups in total. The fourth-order valence-corrected chi connectivity index (χ4v) is 1.81. The molecule has 1 unspecified atom stereocenters. The molecule has 3 nitrogen and oxygen atoms in total. The van der Waals surface area contributed by atoms with Crippen LogP contribution in [0.25, 0.3) is 0 Å². The first-order chi connectivity index (χ1) is 8.10. The lowest BCUT2D eigenvalue weighted by Gasteiger charge is -2.12. The third kappa shape index (κ3) is 3.47. The van der Waals surface area contributed by atoms with E-state index in [1.54, 1.807) is 6.07 Å². The number of carbonyl (C=O) groups is 1. The van der Waals surface area contributed by atoms with Crippen molar-refractivity contribution in [1.82, 2.24) is 0 Å². The minimum Gasteiger partial charge on any atom is -0.323 e. The Morgan fingerprint density at radius 2 is 2.29 bits per heavy atom. The second kappa shape index (κ2) is 6.27. The first kappa shape index (κ1) is 13.5. The molecule has 0 aromatic heterocycles. The highest BCUT2D eigenvalue weighted by Gasteiger charge is 2.18. The van der Waals surface area contributed by atoms with E-state index in [9.17, 15) is 4.79 Å². The summed E-state index contributed by atoms with van der Waals surface area (Å²) in [6.07, 6.45) is 1.36. The van der Waals surface area contributed by atoms with Crippen molar-refractivity contribution in [1.29, 1.82) is 5.26 Å². The van der Waals surface area contributed by atoms with Gasteiger partial charge in [0.25, 0.3) is 0 Å². The molecule has 0 radical (unpaired) electrons. The molecule has 17 heavy (non-hydrogen) atoms. The van der Waals surface area contributed by atoms with E-state index in [1.807, 2.05) is 32.0 Å². The number of hydrogen-bond donors (Lipinski definition) is 1. The Morgan fingerprint density at radius 1 is 1.59 bits per heavy atom. The molecule has 0 aliphatic rings. The van der Waals surface area contributed by atoms with Gasteiger partial charge in [-0.05, 0) is 25.0 Å². The van der Waals surface area contributed by atoms with Crippen molar-refractivity contribution in [2.24, 2.45) is 5.92 Å². The number of amides is 1. The molecule has 1 amide bonds. The van der Waals surface area contributed by atoms with Gasteiger partial charge in [0.1, 0.15) is 5.92 Å². The molecule has 0 aliphatic carbocycles. The molecule has 0 saturated carbocycles. The molecular weight excluding hydrogens is 236 g/mol. The maximum Gasteiger partial charge on any atom is 0.241 e. The summed E-state index contributed by atoms with van der Waals surface area (Å²) in [5.41, 5.74) is 1.48. The fourth-order valence-electron chi connectivity index (χ4n) is 1.54. The Morgan fingerprint density at radius 3 is 2.82 bits per heavy atom. The van der Waals surface area contributed by atoms with Gasteiger partial charge in [0.05, 0.1) is 16.8 Å². The van der Waals surface area contributed by atoms with Crippen LogP contribution in [-0.4, -0.2) is 5.91 Å². The Hall–Kier alpha value is -1.53. The van der Waals surface area contributed by atoms with Crippen molar-refractivity contribution >= 4 is 23.2 Å².